The number of carbonyl (C=O) groups excluding carboxylic acids is 1. The minimum Gasteiger partial charge on any atom is -0.340 e. The number of carbonyl (C=O) groups is 1. The van der Waals surface area contributed by atoms with E-state index < -0.39 is 18.0 Å². The molecule has 0 aromatic rings. The van der Waals surface area contributed by atoms with Gasteiger partial charge in [0.15, 0.2) is 0 Å². The molecule has 0 saturated heterocycles. The minimum absolute atomic E-state index is 0.0372. The Labute approximate surface area is 89.4 Å². The fraction of sp³-hybridized carbons (Fsp3) is 0.889. The molecule has 0 aromatic carbocycles. The minimum atomic E-state index is -5.82. The first-order chi connectivity index (χ1) is 7.16. The summed E-state index contributed by atoms with van der Waals surface area (Å²) in [7, 11) is 0.973. The largest absolute Gasteiger partial charge is 0.463 e. The zero-order chi connectivity index (χ0) is 12.6. The van der Waals surface area contributed by atoms with Gasteiger partial charge in [-0.25, -0.2) is 0 Å². The summed E-state index contributed by atoms with van der Waals surface area (Å²) in [6, 6.07) is 0. The highest BCUT2D eigenvalue weighted by molar-refractivity contribution is 5.84. The number of amides is 1. The highest BCUT2D eigenvalue weighted by Gasteiger charge is 2.64. The van der Waals surface area contributed by atoms with E-state index in [0.717, 1.165) is 26.3 Å². The summed E-state index contributed by atoms with van der Waals surface area (Å²) in [4.78, 5) is 11.4. The van der Waals surface area contributed by atoms with Gasteiger partial charge in [-0.15, -0.1) is 0 Å². The van der Waals surface area contributed by atoms with Gasteiger partial charge in [0.1, 0.15) is 0 Å². The van der Waals surface area contributed by atoms with Gasteiger partial charge in [-0.2, -0.15) is 22.0 Å². The molecule has 0 N–H and O–H groups in total. The van der Waals surface area contributed by atoms with Gasteiger partial charge in [-0.3, -0.25) is 4.79 Å². The van der Waals surface area contributed by atoms with E-state index in [0.29, 0.717) is 4.90 Å². The Kier molecular flexibility index (Phi) is 3.44. The lowest BCUT2D eigenvalue weighted by molar-refractivity contribution is -0.274. The molecule has 0 heterocycles. The molecule has 0 unspecified atom stereocenters. The molecule has 2 nitrogen and oxygen atoms in total. The van der Waals surface area contributed by atoms with Crippen LogP contribution in [-0.4, -0.2) is 36.5 Å². The fourth-order valence-electron chi connectivity index (χ4n) is 1.51. The first-order valence-electron chi connectivity index (χ1n) is 4.86. The lowest BCUT2D eigenvalue weighted by Crippen LogP contribution is -2.52. The molecule has 7 heteroatoms. The van der Waals surface area contributed by atoms with E-state index >= 15 is 0 Å². The summed E-state index contributed by atoms with van der Waals surface area (Å²) in [5.74, 6) is -7.41. The third-order valence-electron chi connectivity index (χ3n) is 2.73. The molecule has 0 spiro atoms. The Morgan fingerprint density at radius 3 is 2.06 bits per heavy atom. The summed E-state index contributed by atoms with van der Waals surface area (Å²) >= 11 is 0. The lowest BCUT2D eigenvalue weighted by atomic mass is 9.85. The van der Waals surface area contributed by atoms with Crippen molar-refractivity contribution in [2.75, 3.05) is 13.6 Å². The summed E-state index contributed by atoms with van der Waals surface area (Å²) < 4.78 is 60.9. The highest BCUT2D eigenvalue weighted by Crippen LogP contribution is 2.37. The van der Waals surface area contributed by atoms with E-state index in [-0.39, 0.29) is 12.5 Å². The lowest BCUT2D eigenvalue weighted by Gasteiger charge is -2.32. The summed E-state index contributed by atoms with van der Waals surface area (Å²) in [6.07, 6.45) is -3.34. The number of hydrogen-bond acceptors (Lipinski definition) is 1. The van der Waals surface area contributed by atoms with Crippen LogP contribution in [0.4, 0.5) is 22.0 Å². The predicted octanol–water partition coefficient (Wildman–Crippen LogP) is 2.44. The van der Waals surface area contributed by atoms with E-state index in [2.05, 4.69) is 0 Å². The van der Waals surface area contributed by atoms with Gasteiger partial charge in [-0.1, -0.05) is 6.42 Å². The molecule has 1 aliphatic carbocycles. The fourth-order valence-corrected chi connectivity index (χ4v) is 1.51. The topological polar surface area (TPSA) is 20.3 Å². The van der Waals surface area contributed by atoms with Crippen molar-refractivity contribution in [3.63, 3.8) is 0 Å². The normalized spacial score (nSPS) is 18.1. The Hall–Kier alpha value is -0.880. The third-order valence-corrected chi connectivity index (χ3v) is 2.73. The Bertz CT molecular complexity index is 272. The van der Waals surface area contributed by atoms with Gasteiger partial charge in [0, 0.05) is 13.6 Å². The van der Waals surface area contributed by atoms with Gasteiger partial charge in [-0.05, 0) is 18.8 Å². The molecular formula is C9H12F5NO. The van der Waals surface area contributed by atoms with E-state index in [1.165, 1.54) is 0 Å². The Morgan fingerprint density at radius 1 is 1.25 bits per heavy atom. The van der Waals surface area contributed by atoms with Gasteiger partial charge in [0.05, 0.1) is 0 Å². The van der Waals surface area contributed by atoms with Crippen molar-refractivity contribution >= 4 is 5.91 Å². The molecule has 16 heavy (non-hydrogen) atoms. The second kappa shape index (κ2) is 4.18. The van der Waals surface area contributed by atoms with Crippen LogP contribution in [0.5, 0.6) is 0 Å². The van der Waals surface area contributed by atoms with E-state index in [1.807, 2.05) is 0 Å². The van der Waals surface area contributed by atoms with Gasteiger partial charge in [0.2, 0.25) is 0 Å². The van der Waals surface area contributed by atoms with E-state index in [9.17, 15) is 26.7 Å². The van der Waals surface area contributed by atoms with E-state index in [4.69, 9.17) is 0 Å². The van der Waals surface area contributed by atoms with Crippen LogP contribution in [0.25, 0.3) is 0 Å². The Morgan fingerprint density at radius 2 is 1.75 bits per heavy atom. The molecule has 0 bridgehead atoms. The van der Waals surface area contributed by atoms with Crippen LogP contribution in [0.1, 0.15) is 19.3 Å². The van der Waals surface area contributed by atoms with Crippen LogP contribution in [0.2, 0.25) is 0 Å². The molecule has 1 amide bonds. The third kappa shape index (κ3) is 2.44. The van der Waals surface area contributed by atoms with Crippen LogP contribution in [-0.2, 0) is 4.79 Å². The summed E-state index contributed by atoms with van der Waals surface area (Å²) in [6.45, 7) is -0.0372. The standard InChI is InChI=1S/C9H12F5NO/c1-15(5-6-3-2-4-6)7(16)8(10,11)9(12,13)14/h6H,2-5H2,1H3. The van der Waals surface area contributed by atoms with Crippen LogP contribution >= 0.6 is 0 Å². The van der Waals surface area contributed by atoms with Crippen molar-refractivity contribution in [2.24, 2.45) is 5.92 Å². The van der Waals surface area contributed by atoms with Crippen LogP contribution in [0, 0.1) is 5.92 Å². The molecule has 0 radical (unpaired) electrons. The van der Waals surface area contributed by atoms with Gasteiger partial charge in [0.25, 0.3) is 0 Å². The maximum absolute atomic E-state index is 12.6. The molecule has 1 saturated carbocycles. The monoisotopic (exact) mass is 245 g/mol. The second-order valence-electron chi connectivity index (χ2n) is 4.05. The van der Waals surface area contributed by atoms with Crippen molar-refractivity contribution in [1.29, 1.82) is 0 Å². The molecule has 1 aliphatic rings. The average Bonchev–Trinajstić information content (AvgIpc) is 2.07. The van der Waals surface area contributed by atoms with Gasteiger partial charge < -0.3 is 4.90 Å². The summed E-state index contributed by atoms with van der Waals surface area (Å²) in [5, 5.41) is 0. The zero-order valence-electron chi connectivity index (χ0n) is 8.65. The van der Waals surface area contributed by atoms with Crippen LogP contribution in [0.3, 0.4) is 0 Å². The molecule has 1 fully saturated rings. The quantitative estimate of drug-likeness (QED) is 0.699. The van der Waals surface area contributed by atoms with Crippen molar-refractivity contribution in [3.05, 3.63) is 0 Å². The average molecular weight is 245 g/mol. The first kappa shape index (κ1) is 13.2. The molecule has 94 valence electrons. The van der Waals surface area contributed by atoms with Crippen molar-refractivity contribution < 1.29 is 26.7 Å². The Balaban J connectivity index is 2.61. The van der Waals surface area contributed by atoms with Crippen molar-refractivity contribution in [2.45, 2.75) is 31.4 Å². The summed E-state index contributed by atoms with van der Waals surface area (Å²) in [5.41, 5.74) is 0. The number of hydrogen-bond donors (Lipinski definition) is 0. The molecule has 1 rings (SSSR count). The van der Waals surface area contributed by atoms with E-state index in [1.54, 1.807) is 0 Å². The maximum atomic E-state index is 12.6. The van der Waals surface area contributed by atoms with Crippen molar-refractivity contribution in [3.8, 4) is 0 Å². The van der Waals surface area contributed by atoms with Crippen molar-refractivity contribution in [1.82, 2.24) is 4.90 Å². The van der Waals surface area contributed by atoms with Gasteiger partial charge >= 0.3 is 18.0 Å². The number of alkyl halides is 5. The maximum Gasteiger partial charge on any atom is 0.463 e. The highest BCUT2D eigenvalue weighted by atomic mass is 19.4. The number of rotatable bonds is 3. The van der Waals surface area contributed by atoms with Crippen LogP contribution in [0.15, 0.2) is 0 Å². The molecule has 0 aliphatic heterocycles. The molecule has 0 aromatic heterocycles. The molecular weight excluding hydrogens is 233 g/mol. The smallest absolute Gasteiger partial charge is 0.340 e. The molecule has 0 atom stereocenters. The number of nitrogens with zero attached hydrogens (tertiary/aromatic N) is 1. The second-order valence-corrected chi connectivity index (χ2v) is 4.05. The van der Waals surface area contributed by atoms with Crippen LogP contribution < -0.4 is 0 Å². The zero-order valence-corrected chi connectivity index (χ0v) is 8.65. The number of halogens is 5. The SMILES string of the molecule is CN(CC1CCC1)C(=O)C(F)(F)C(F)(F)F. The first-order valence-corrected chi connectivity index (χ1v) is 4.86. The predicted molar refractivity (Wildman–Crippen MR) is 46.0 cm³/mol.